The molecule has 6 heteroatoms. The average Bonchev–Trinajstić information content (AvgIpc) is 3.13. The fourth-order valence-corrected chi connectivity index (χ4v) is 4.70. The van der Waals surface area contributed by atoms with Crippen LogP contribution in [0.25, 0.3) is 31.4 Å². The normalized spacial score (nSPS) is 11.2. The zero-order valence-corrected chi connectivity index (χ0v) is 14.3. The van der Waals surface area contributed by atoms with Crippen molar-refractivity contribution >= 4 is 48.7 Å². The molecule has 0 unspecified atom stereocenters. The minimum Gasteiger partial charge on any atom is -0.253 e. The number of benzene rings is 1. The molecule has 4 aromatic rings. The lowest BCUT2D eigenvalue weighted by Gasteiger charge is -1.97. The molecule has 0 N–H and O–H groups in total. The number of pyridine rings is 1. The van der Waals surface area contributed by atoms with Gasteiger partial charge in [0.1, 0.15) is 16.5 Å². The predicted octanol–water partition coefficient (Wildman–Crippen LogP) is 5.99. The smallest absolute Gasteiger partial charge is 0.143 e. The van der Waals surface area contributed by atoms with Gasteiger partial charge >= 0.3 is 0 Å². The molecule has 0 radical (unpaired) electrons. The first-order valence-corrected chi connectivity index (χ1v) is 8.95. The van der Waals surface area contributed by atoms with E-state index in [9.17, 15) is 4.39 Å². The minimum absolute atomic E-state index is 0.211. The molecule has 0 bridgehead atoms. The molecule has 2 nitrogen and oxygen atoms in total. The molecule has 3 heterocycles. The van der Waals surface area contributed by atoms with Gasteiger partial charge in [-0.1, -0.05) is 6.07 Å². The van der Waals surface area contributed by atoms with Crippen LogP contribution in [0.2, 0.25) is 0 Å². The number of halogens is 2. The van der Waals surface area contributed by atoms with Gasteiger partial charge in [0.05, 0.1) is 10.6 Å². The van der Waals surface area contributed by atoms with Crippen molar-refractivity contribution in [3.63, 3.8) is 0 Å². The molecule has 0 spiro atoms. The molecule has 0 saturated carbocycles. The van der Waals surface area contributed by atoms with Crippen LogP contribution in [0.3, 0.4) is 0 Å². The molecule has 1 aromatic carbocycles. The van der Waals surface area contributed by atoms with Gasteiger partial charge in [-0.25, -0.2) is 9.37 Å². The Labute approximate surface area is 142 Å². The van der Waals surface area contributed by atoms with Crippen molar-refractivity contribution in [2.75, 3.05) is 0 Å². The third kappa shape index (κ3) is 2.47. The number of rotatable bonds is 2. The van der Waals surface area contributed by atoms with E-state index in [1.165, 1.54) is 6.07 Å². The highest BCUT2D eigenvalue weighted by atomic mass is 79.9. The number of hydrogen-bond acceptors (Lipinski definition) is 4. The van der Waals surface area contributed by atoms with Crippen LogP contribution in [-0.4, -0.2) is 9.97 Å². The zero-order valence-electron chi connectivity index (χ0n) is 11.1. The Morgan fingerprint density at radius 2 is 2.05 bits per heavy atom. The van der Waals surface area contributed by atoms with E-state index in [1.54, 1.807) is 41.0 Å². The lowest BCUT2D eigenvalue weighted by Crippen LogP contribution is -1.83. The van der Waals surface area contributed by atoms with E-state index >= 15 is 0 Å². The molecule has 0 fully saturated rings. The standard InChI is InChI=1S/C16H8BrFN2S2/c17-11-2-1-5-19-15(11)16-20-12(8-21-16)14-6-9-3-4-10(18)7-13(9)22-14/h1-8H. The second-order valence-corrected chi connectivity index (χ2v) is 7.46. The number of aromatic nitrogens is 2. The summed E-state index contributed by atoms with van der Waals surface area (Å²) in [7, 11) is 0. The lowest BCUT2D eigenvalue weighted by molar-refractivity contribution is 0.630. The molecule has 4 rings (SSSR count). The predicted molar refractivity (Wildman–Crippen MR) is 93.8 cm³/mol. The monoisotopic (exact) mass is 390 g/mol. The first-order valence-electron chi connectivity index (χ1n) is 6.46. The summed E-state index contributed by atoms with van der Waals surface area (Å²) in [6.07, 6.45) is 1.75. The molecular formula is C16H8BrFN2S2. The third-order valence-electron chi connectivity index (χ3n) is 3.20. The van der Waals surface area contributed by atoms with Crippen LogP contribution in [0, 0.1) is 5.82 Å². The van der Waals surface area contributed by atoms with Crippen molar-refractivity contribution in [2.24, 2.45) is 0 Å². The molecule has 108 valence electrons. The van der Waals surface area contributed by atoms with E-state index < -0.39 is 0 Å². The Morgan fingerprint density at radius 3 is 2.91 bits per heavy atom. The highest BCUT2D eigenvalue weighted by Gasteiger charge is 2.12. The summed E-state index contributed by atoms with van der Waals surface area (Å²) in [5.41, 5.74) is 1.74. The Kier molecular flexibility index (Phi) is 3.52. The van der Waals surface area contributed by atoms with Crippen molar-refractivity contribution in [1.29, 1.82) is 0 Å². The highest BCUT2D eigenvalue weighted by molar-refractivity contribution is 9.10. The van der Waals surface area contributed by atoms with Gasteiger partial charge < -0.3 is 0 Å². The summed E-state index contributed by atoms with van der Waals surface area (Å²) in [6.45, 7) is 0. The summed E-state index contributed by atoms with van der Waals surface area (Å²) in [4.78, 5) is 10.1. The van der Waals surface area contributed by atoms with Gasteiger partial charge in [-0.15, -0.1) is 22.7 Å². The molecule has 0 saturated heterocycles. The van der Waals surface area contributed by atoms with Crippen molar-refractivity contribution < 1.29 is 4.39 Å². The highest BCUT2D eigenvalue weighted by Crippen LogP contribution is 2.37. The fraction of sp³-hybridized carbons (Fsp3) is 0. The summed E-state index contributed by atoms with van der Waals surface area (Å²) < 4.78 is 15.2. The first-order chi connectivity index (χ1) is 10.7. The van der Waals surface area contributed by atoms with Crippen LogP contribution in [-0.2, 0) is 0 Å². The van der Waals surface area contributed by atoms with Crippen LogP contribution in [0.1, 0.15) is 0 Å². The molecule has 3 aromatic heterocycles. The maximum Gasteiger partial charge on any atom is 0.143 e. The molecule has 0 atom stereocenters. The fourth-order valence-electron chi connectivity index (χ4n) is 2.17. The molecular weight excluding hydrogens is 383 g/mol. The number of hydrogen-bond donors (Lipinski definition) is 0. The Hall–Kier alpha value is -1.63. The second kappa shape index (κ2) is 5.53. The third-order valence-corrected chi connectivity index (χ3v) is 5.81. The van der Waals surface area contributed by atoms with Gasteiger partial charge in [-0.05, 0) is 51.6 Å². The second-order valence-electron chi connectivity index (χ2n) is 4.66. The molecule has 0 aliphatic rings. The van der Waals surface area contributed by atoms with Crippen molar-refractivity contribution in [3.05, 3.63) is 58.3 Å². The van der Waals surface area contributed by atoms with Gasteiger partial charge in [-0.3, -0.25) is 4.98 Å². The van der Waals surface area contributed by atoms with Crippen molar-refractivity contribution in [3.8, 4) is 21.3 Å². The van der Waals surface area contributed by atoms with Gasteiger partial charge in [0.15, 0.2) is 0 Å². The van der Waals surface area contributed by atoms with E-state index in [0.29, 0.717) is 0 Å². The quantitative estimate of drug-likeness (QED) is 0.420. The lowest BCUT2D eigenvalue weighted by atomic mass is 10.2. The Morgan fingerprint density at radius 1 is 1.14 bits per heavy atom. The van der Waals surface area contributed by atoms with Crippen LogP contribution in [0.5, 0.6) is 0 Å². The summed E-state index contributed by atoms with van der Waals surface area (Å²) in [6, 6.07) is 10.7. The SMILES string of the molecule is Fc1ccc2cc(-c3csc(-c4ncccc4Br)n3)sc2c1. The maximum absolute atomic E-state index is 13.3. The number of fused-ring (bicyclic) bond motifs is 1. The van der Waals surface area contributed by atoms with Gasteiger partial charge in [-0.2, -0.15) is 0 Å². The largest absolute Gasteiger partial charge is 0.253 e. The Bertz CT molecular complexity index is 977. The van der Waals surface area contributed by atoms with Crippen molar-refractivity contribution in [1.82, 2.24) is 9.97 Å². The first kappa shape index (κ1) is 14.0. The minimum atomic E-state index is -0.211. The zero-order chi connectivity index (χ0) is 15.1. The molecule has 0 amide bonds. The summed E-state index contributed by atoms with van der Waals surface area (Å²) in [5, 5.41) is 3.92. The average molecular weight is 391 g/mol. The number of thiophene rings is 1. The molecule has 22 heavy (non-hydrogen) atoms. The Balaban J connectivity index is 1.78. The van der Waals surface area contributed by atoms with Crippen LogP contribution >= 0.6 is 38.6 Å². The van der Waals surface area contributed by atoms with Gasteiger partial charge in [0, 0.05) is 20.7 Å². The molecule has 0 aliphatic heterocycles. The van der Waals surface area contributed by atoms with E-state index in [2.05, 4.69) is 25.9 Å². The molecule has 0 aliphatic carbocycles. The van der Waals surface area contributed by atoms with E-state index in [-0.39, 0.29) is 5.82 Å². The van der Waals surface area contributed by atoms with E-state index in [4.69, 9.17) is 0 Å². The van der Waals surface area contributed by atoms with Crippen LogP contribution in [0.4, 0.5) is 4.39 Å². The number of thiazole rings is 1. The van der Waals surface area contributed by atoms with Gasteiger partial charge in [0.25, 0.3) is 0 Å². The van der Waals surface area contributed by atoms with Gasteiger partial charge in [0.2, 0.25) is 0 Å². The summed E-state index contributed by atoms with van der Waals surface area (Å²) in [5.74, 6) is -0.211. The van der Waals surface area contributed by atoms with E-state index in [0.717, 1.165) is 35.8 Å². The van der Waals surface area contributed by atoms with Crippen molar-refractivity contribution in [2.45, 2.75) is 0 Å². The number of nitrogens with zero attached hydrogens (tertiary/aromatic N) is 2. The topological polar surface area (TPSA) is 25.8 Å². The van der Waals surface area contributed by atoms with E-state index in [1.807, 2.05) is 23.6 Å². The maximum atomic E-state index is 13.3. The van der Waals surface area contributed by atoms with Crippen LogP contribution in [0.15, 0.2) is 52.4 Å². The summed E-state index contributed by atoms with van der Waals surface area (Å²) >= 11 is 6.60. The van der Waals surface area contributed by atoms with Crippen LogP contribution < -0.4 is 0 Å².